The molecule has 2 atom stereocenters. The molecule has 0 saturated heterocycles. The van der Waals surface area contributed by atoms with Crippen LogP contribution < -0.4 is 0 Å². The lowest BCUT2D eigenvalue weighted by Crippen LogP contribution is -2.42. The molecule has 1 aliphatic heterocycles. The monoisotopic (exact) mass is 359 g/mol. The van der Waals surface area contributed by atoms with Crippen LogP contribution in [0, 0.1) is 5.92 Å². The first-order valence-corrected chi connectivity index (χ1v) is 9.60. The standard InChI is InChI=1S/C19H21NO4S/c1-13(2)12-25(24)15-6-3-5-14(11-15)17(21)19(18(22)23)8-10-20-9-4-7-16(19)20/h3-7,9,11,13H,8,10,12H2,1-2H3,(H,22,23). The highest BCUT2D eigenvalue weighted by Crippen LogP contribution is 2.39. The number of rotatable bonds is 6. The van der Waals surface area contributed by atoms with Crippen LogP contribution in [-0.4, -0.2) is 31.4 Å². The van der Waals surface area contributed by atoms with Gasteiger partial charge in [0.05, 0.1) is 10.8 Å². The highest BCUT2D eigenvalue weighted by atomic mass is 32.2. The number of carbonyl (C=O) groups excluding carboxylic acids is 1. The van der Waals surface area contributed by atoms with Crippen LogP contribution in [0.3, 0.4) is 0 Å². The van der Waals surface area contributed by atoms with Gasteiger partial charge in [0, 0.05) is 34.6 Å². The fraction of sp³-hybridized carbons (Fsp3) is 0.368. The second-order valence-electron chi connectivity index (χ2n) is 6.81. The zero-order valence-electron chi connectivity index (χ0n) is 14.3. The van der Waals surface area contributed by atoms with Crippen molar-refractivity contribution in [2.45, 2.75) is 37.1 Å². The van der Waals surface area contributed by atoms with Gasteiger partial charge in [0.2, 0.25) is 0 Å². The molecular weight excluding hydrogens is 338 g/mol. The van der Waals surface area contributed by atoms with Crippen molar-refractivity contribution >= 4 is 22.6 Å². The highest BCUT2D eigenvalue weighted by molar-refractivity contribution is 7.85. The molecule has 0 radical (unpaired) electrons. The van der Waals surface area contributed by atoms with Crippen molar-refractivity contribution in [2.24, 2.45) is 5.92 Å². The van der Waals surface area contributed by atoms with Gasteiger partial charge in [0.25, 0.3) is 0 Å². The highest BCUT2D eigenvalue weighted by Gasteiger charge is 2.52. The number of hydrogen-bond donors (Lipinski definition) is 1. The molecule has 0 bridgehead atoms. The third-order valence-electron chi connectivity index (χ3n) is 4.59. The summed E-state index contributed by atoms with van der Waals surface area (Å²) in [6, 6.07) is 10.0. The molecule has 132 valence electrons. The number of benzene rings is 1. The SMILES string of the molecule is CC(C)CS(=O)c1cccc(C(=O)C2(C(=O)O)CCn3cccc32)c1. The fourth-order valence-corrected chi connectivity index (χ4v) is 4.67. The first-order chi connectivity index (χ1) is 11.9. The van der Waals surface area contributed by atoms with E-state index in [0.29, 0.717) is 28.5 Å². The van der Waals surface area contributed by atoms with Crippen LogP contribution in [-0.2, 0) is 27.6 Å². The fourth-order valence-electron chi connectivity index (χ4n) is 3.38. The summed E-state index contributed by atoms with van der Waals surface area (Å²) < 4.78 is 14.2. The van der Waals surface area contributed by atoms with Gasteiger partial charge in [0.15, 0.2) is 11.2 Å². The average Bonchev–Trinajstić information content (AvgIpc) is 3.16. The summed E-state index contributed by atoms with van der Waals surface area (Å²) in [5.41, 5.74) is -0.757. The zero-order valence-corrected chi connectivity index (χ0v) is 15.1. The summed E-state index contributed by atoms with van der Waals surface area (Å²) in [6.07, 6.45) is 2.03. The molecule has 0 aliphatic carbocycles. The number of fused-ring (bicyclic) bond motifs is 1. The maximum atomic E-state index is 13.2. The summed E-state index contributed by atoms with van der Waals surface area (Å²) in [6.45, 7) is 4.47. The lowest BCUT2D eigenvalue weighted by atomic mass is 9.76. The molecule has 1 aromatic carbocycles. The Morgan fingerprint density at radius 3 is 2.72 bits per heavy atom. The van der Waals surface area contributed by atoms with Crippen LogP contribution in [0.15, 0.2) is 47.5 Å². The van der Waals surface area contributed by atoms with Gasteiger partial charge in [-0.05, 0) is 36.6 Å². The molecule has 5 nitrogen and oxygen atoms in total. The summed E-state index contributed by atoms with van der Waals surface area (Å²) >= 11 is 0. The molecule has 0 fully saturated rings. The average molecular weight is 359 g/mol. The largest absolute Gasteiger partial charge is 0.480 e. The van der Waals surface area contributed by atoms with Crippen molar-refractivity contribution in [1.82, 2.24) is 4.57 Å². The quantitative estimate of drug-likeness (QED) is 0.636. The molecule has 1 N–H and O–H groups in total. The van der Waals surface area contributed by atoms with Gasteiger partial charge in [-0.1, -0.05) is 26.0 Å². The van der Waals surface area contributed by atoms with Crippen LogP contribution >= 0.6 is 0 Å². The van der Waals surface area contributed by atoms with Crippen LogP contribution in [0.25, 0.3) is 0 Å². The molecule has 1 aliphatic rings. The maximum absolute atomic E-state index is 13.2. The number of aliphatic carboxylic acids is 1. The minimum Gasteiger partial charge on any atom is -0.480 e. The zero-order chi connectivity index (χ0) is 18.2. The summed E-state index contributed by atoms with van der Waals surface area (Å²) in [7, 11) is -1.21. The molecule has 1 aromatic heterocycles. The van der Waals surface area contributed by atoms with Crippen LogP contribution in [0.1, 0.15) is 36.3 Å². The number of Topliss-reactive ketones (excluding diaryl/α,β-unsaturated/α-hetero) is 1. The molecule has 0 spiro atoms. The Balaban J connectivity index is 2.01. The predicted octanol–water partition coefficient (Wildman–Crippen LogP) is 2.86. The van der Waals surface area contributed by atoms with Crippen molar-refractivity contribution in [1.29, 1.82) is 0 Å². The summed E-state index contributed by atoms with van der Waals surface area (Å²) in [5, 5.41) is 9.86. The van der Waals surface area contributed by atoms with Gasteiger partial charge < -0.3 is 9.67 Å². The third kappa shape index (κ3) is 2.95. The number of nitrogens with zero attached hydrogens (tertiary/aromatic N) is 1. The van der Waals surface area contributed by atoms with E-state index in [1.807, 2.05) is 18.4 Å². The Morgan fingerprint density at radius 2 is 2.04 bits per heavy atom. The van der Waals surface area contributed by atoms with E-state index in [4.69, 9.17) is 0 Å². The normalized spacial score (nSPS) is 20.4. The Labute approximate surface area is 149 Å². The van der Waals surface area contributed by atoms with E-state index in [1.165, 1.54) is 0 Å². The molecule has 2 aromatic rings. The molecule has 2 unspecified atom stereocenters. The van der Waals surface area contributed by atoms with Crippen LogP contribution in [0.5, 0.6) is 0 Å². The lowest BCUT2D eigenvalue weighted by Gasteiger charge is -2.22. The lowest BCUT2D eigenvalue weighted by molar-refractivity contribution is -0.141. The van der Waals surface area contributed by atoms with E-state index in [2.05, 4.69) is 0 Å². The number of carboxylic acid groups (broad SMARTS) is 1. The predicted molar refractivity (Wildman–Crippen MR) is 95.2 cm³/mol. The van der Waals surface area contributed by atoms with Gasteiger partial charge in [-0.2, -0.15) is 0 Å². The van der Waals surface area contributed by atoms with Gasteiger partial charge in [-0.3, -0.25) is 13.8 Å². The molecule has 6 heteroatoms. The third-order valence-corrected chi connectivity index (χ3v) is 6.34. The van der Waals surface area contributed by atoms with E-state index in [9.17, 15) is 18.9 Å². The number of carboxylic acids is 1. The molecule has 0 amide bonds. The molecule has 2 heterocycles. The van der Waals surface area contributed by atoms with Crippen molar-refractivity contribution in [3.8, 4) is 0 Å². The maximum Gasteiger partial charge on any atom is 0.323 e. The minimum absolute atomic E-state index is 0.233. The van der Waals surface area contributed by atoms with Crippen molar-refractivity contribution in [2.75, 3.05) is 5.75 Å². The van der Waals surface area contributed by atoms with E-state index in [0.717, 1.165) is 0 Å². The van der Waals surface area contributed by atoms with E-state index >= 15 is 0 Å². The van der Waals surface area contributed by atoms with Crippen molar-refractivity contribution < 1.29 is 18.9 Å². The van der Waals surface area contributed by atoms with Gasteiger partial charge in [0.1, 0.15) is 0 Å². The minimum atomic E-state index is -1.57. The molecule has 25 heavy (non-hydrogen) atoms. The smallest absolute Gasteiger partial charge is 0.323 e. The van der Waals surface area contributed by atoms with Crippen LogP contribution in [0.4, 0.5) is 0 Å². The Bertz CT molecular complexity index is 855. The summed E-state index contributed by atoms with van der Waals surface area (Å²) in [4.78, 5) is 25.8. The van der Waals surface area contributed by atoms with E-state index in [-0.39, 0.29) is 12.3 Å². The van der Waals surface area contributed by atoms with Gasteiger partial charge in [-0.15, -0.1) is 0 Å². The topological polar surface area (TPSA) is 76.4 Å². The number of aryl methyl sites for hydroxylation is 1. The Morgan fingerprint density at radius 1 is 1.28 bits per heavy atom. The van der Waals surface area contributed by atoms with E-state index < -0.39 is 28.0 Å². The number of carbonyl (C=O) groups is 2. The molecule has 0 saturated carbocycles. The van der Waals surface area contributed by atoms with Crippen molar-refractivity contribution in [3.63, 3.8) is 0 Å². The number of hydrogen-bond acceptors (Lipinski definition) is 3. The van der Waals surface area contributed by atoms with Gasteiger partial charge in [-0.25, -0.2) is 0 Å². The summed E-state index contributed by atoms with van der Waals surface area (Å²) in [5.74, 6) is -0.807. The molecular formula is C19H21NO4S. The second kappa shape index (κ2) is 6.59. The Hall–Kier alpha value is -2.21. The number of aromatic nitrogens is 1. The van der Waals surface area contributed by atoms with Crippen molar-refractivity contribution in [3.05, 3.63) is 53.9 Å². The first kappa shape index (κ1) is 17.6. The second-order valence-corrected chi connectivity index (χ2v) is 8.31. The Kier molecular flexibility index (Phi) is 4.64. The van der Waals surface area contributed by atoms with Crippen LogP contribution in [0.2, 0.25) is 0 Å². The van der Waals surface area contributed by atoms with Gasteiger partial charge >= 0.3 is 5.97 Å². The molecule has 3 rings (SSSR count). The first-order valence-electron chi connectivity index (χ1n) is 8.28. The number of ketones is 1. The van der Waals surface area contributed by atoms with E-state index in [1.54, 1.807) is 42.6 Å².